The number of hydrogen-bond acceptors (Lipinski definition) is 1. The average molecular weight is 179 g/mol. The fraction of sp³-hybridized carbons (Fsp3) is 0.500. The topological polar surface area (TPSA) is 38.8 Å². The van der Waals surface area contributed by atoms with Crippen molar-refractivity contribution in [2.24, 2.45) is 0 Å². The van der Waals surface area contributed by atoms with Crippen LogP contribution in [0.15, 0.2) is 24.5 Å². The first-order valence-electron chi connectivity index (χ1n) is 3.28. The Kier molecular flexibility index (Phi) is 9.85. The second-order valence-corrected chi connectivity index (χ2v) is 3.00. The van der Waals surface area contributed by atoms with E-state index in [0.29, 0.717) is 0 Å². The summed E-state index contributed by atoms with van der Waals surface area (Å²) < 4.78 is 0. The first kappa shape index (κ1) is 14.4. The van der Waals surface area contributed by atoms with E-state index in [-0.39, 0.29) is 51.4 Å². The first-order valence-corrected chi connectivity index (χ1v) is 3.28. The number of rotatable bonds is 0. The Labute approximate surface area is 111 Å². The van der Waals surface area contributed by atoms with Crippen LogP contribution in [0.25, 0.3) is 0 Å². The molecule has 0 saturated carbocycles. The molecule has 1 aromatic heterocycles. The standard InChI is InChI=1S/C4H5N.C4H9O.K/c1-2-4-5-3-1;1-4(2,3)5;/h1-5H;1-3H3;/q;-1;+1. The molecule has 3 heteroatoms. The van der Waals surface area contributed by atoms with Gasteiger partial charge in [-0.05, 0) is 12.1 Å². The Hall–Kier alpha value is 0.876. The summed E-state index contributed by atoms with van der Waals surface area (Å²) in [6.07, 6.45) is 3.75. The molecule has 1 rings (SSSR count). The van der Waals surface area contributed by atoms with Crippen LogP contribution in [0.5, 0.6) is 0 Å². The molecule has 0 radical (unpaired) electrons. The molecule has 0 atom stereocenters. The van der Waals surface area contributed by atoms with E-state index in [0.717, 1.165) is 0 Å². The molecule has 0 aliphatic heterocycles. The number of aromatic amines is 1. The Bertz CT molecular complexity index is 120. The van der Waals surface area contributed by atoms with Crippen molar-refractivity contribution in [3.8, 4) is 0 Å². The fourth-order valence-electron chi connectivity index (χ4n) is 0.278. The van der Waals surface area contributed by atoms with Crippen LogP contribution < -0.4 is 56.5 Å². The molecule has 11 heavy (non-hydrogen) atoms. The summed E-state index contributed by atoms with van der Waals surface area (Å²) in [5.74, 6) is 0. The molecule has 0 bridgehead atoms. The summed E-state index contributed by atoms with van der Waals surface area (Å²) in [5.41, 5.74) is -0.750. The van der Waals surface area contributed by atoms with Crippen LogP contribution in [-0.4, -0.2) is 10.6 Å². The van der Waals surface area contributed by atoms with Crippen LogP contribution in [-0.2, 0) is 0 Å². The van der Waals surface area contributed by atoms with Gasteiger partial charge in [0, 0.05) is 12.4 Å². The third-order valence-electron chi connectivity index (χ3n) is 0.496. The molecule has 58 valence electrons. The van der Waals surface area contributed by atoms with E-state index in [9.17, 15) is 5.11 Å². The smallest absolute Gasteiger partial charge is 0.850 e. The summed E-state index contributed by atoms with van der Waals surface area (Å²) in [7, 11) is 0. The summed E-state index contributed by atoms with van der Waals surface area (Å²) in [4.78, 5) is 2.86. The minimum absolute atomic E-state index is 0. The SMILES string of the molecule is CC(C)(C)[O-].[K+].c1cc[nH]c1. The minimum Gasteiger partial charge on any atom is -0.850 e. The molecule has 1 aromatic rings. The van der Waals surface area contributed by atoms with Crippen molar-refractivity contribution in [1.82, 2.24) is 4.98 Å². The van der Waals surface area contributed by atoms with E-state index in [1.54, 1.807) is 20.8 Å². The average Bonchev–Trinajstić information content (AvgIpc) is 2.07. The minimum atomic E-state index is -0.750. The van der Waals surface area contributed by atoms with Crippen LogP contribution in [0.2, 0.25) is 0 Å². The van der Waals surface area contributed by atoms with Gasteiger partial charge in [0.05, 0.1) is 0 Å². The molecular weight excluding hydrogens is 165 g/mol. The Morgan fingerprint density at radius 3 is 1.45 bits per heavy atom. The van der Waals surface area contributed by atoms with Crippen LogP contribution in [0.1, 0.15) is 20.8 Å². The van der Waals surface area contributed by atoms with Gasteiger partial charge in [0.25, 0.3) is 0 Å². The maximum Gasteiger partial charge on any atom is 1.00 e. The summed E-state index contributed by atoms with van der Waals surface area (Å²) in [6.45, 7) is 4.90. The Balaban J connectivity index is 0. The molecule has 1 N–H and O–H groups in total. The predicted octanol–water partition coefficient (Wildman–Crippen LogP) is -1.84. The van der Waals surface area contributed by atoms with E-state index in [2.05, 4.69) is 4.98 Å². The number of aromatic nitrogens is 1. The van der Waals surface area contributed by atoms with Crippen molar-refractivity contribution in [3.63, 3.8) is 0 Å². The van der Waals surface area contributed by atoms with Gasteiger partial charge in [-0.3, -0.25) is 0 Å². The van der Waals surface area contributed by atoms with Crippen molar-refractivity contribution in [3.05, 3.63) is 24.5 Å². The zero-order chi connectivity index (χ0) is 8.04. The molecule has 0 aromatic carbocycles. The second-order valence-electron chi connectivity index (χ2n) is 3.00. The number of H-pyrrole nitrogens is 1. The summed E-state index contributed by atoms with van der Waals surface area (Å²) in [5, 5.41) is 10.1. The molecule has 1 heterocycles. The van der Waals surface area contributed by atoms with Gasteiger partial charge < -0.3 is 10.1 Å². The zero-order valence-electron chi connectivity index (χ0n) is 7.72. The largest absolute Gasteiger partial charge is 1.00 e. The number of nitrogens with one attached hydrogen (secondary N) is 1. The Morgan fingerprint density at radius 1 is 1.09 bits per heavy atom. The van der Waals surface area contributed by atoms with E-state index in [1.807, 2.05) is 24.5 Å². The Morgan fingerprint density at radius 2 is 1.36 bits per heavy atom. The first-order chi connectivity index (χ1) is 4.50. The van der Waals surface area contributed by atoms with Gasteiger partial charge in [0.15, 0.2) is 0 Å². The van der Waals surface area contributed by atoms with Gasteiger partial charge >= 0.3 is 51.4 Å². The molecule has 2 nitrogen and oxygen atoms in total. The summed E-state index contributed by atoms with van der Waals surface area (Å²) >= 11 is 0. The van der Waals surface area contributed by atoms with Gasteiger partial charge in [-0.1, -0.05) is 20.8 Å². The van der Waals surface area contributed by atoms with Crippen LogP contribution in [0.4, 0.5) is 0 Å². The molecule has 0 spiro atoms. The van der Waals surface area contributed by atoms with E-state index in [1.165, 1.54) is 0 Å². The van der Waals surface area contributed by atoms with Crippen molar-refractivity contribution in [2.75, 3.05) is 0 Å². The zero-order valence-corrected chi connectivity index (χ0v) is 10.8. The fourth-order valence-corrected chi connectivity index (χ4v) is 0.278. The van der Waals surface area contributed by atoms with E-state index < -0.39 is 5.60 Å². The van der Waals surface area contributed by atoms with Gasteiger partial charge in [-0.2, -0.15) is 0 Å². The maximum atomic E-state index is 10.1. The quantitative estimate of drug-likeness (QED) is 0.467. The monoisotopic (exact) mass is 179 g/mol. The van der Waals surface area contributed by atoms with Gasteiger partial charge in [-0.25, -0.2) is 0 Å². The van der Waals surface area contributed by atoms with Crippen molar-refractivity contribution in [1.29, 1.82) is 0 Å². The van der Waals surface area contributed by atoms with Crippen molar-refractivity contribution in [2.45, 2.75) is 26.4 Å². The molecule has 0 saturated heterocycles. The van der Waals surface area contributed by atoms with Gasteiger partial charge in [-0.15, -0.1) is 5.60 Å². The molecule has 0 aliphatic rings. The maximum absolute atomic E-state index is 10.1. The van der Waals surface area contributed by atoms with Gasteiger partial charge in [0.1, 0.15) is 0 Å². The third kappa shape index (κ3) is 24.8. The predicted molar refractivity (Wildman–Crippen MR) is 40.5 cm³/mol. The van der Waals surface area contributed by atoms with E-state index >= 15 is 0 Å². The van der Waals surface area contributed by atoms with Crippen LogP contribution >= 0.6 is 0 Å². The second kappa shape index (κ2) is 7.52. The molecule has 0 amide bonds. The van der Waals surface area contributed by atoms with Crippen molar-refractivity contribution < 1.29 is 56.5 Å². The third-order valence-corrected chi connectivity index (χ3v) is 0.496. The summed E-state index contributed by atoms with van der Waals surface area (Å²) in [6, 6.07) is 3.89. The van der Waals surface area contributed by atoms with Crippen LogP contribution in [0.3, 0.4) is 0 Å². The normalized spacial score (nSPS) is 9.09. The molecule has 0 fully saturated rings. The van der Waals surface area contributed by atoms with Crippen LogP contribution in [0, 0.1) is 0 Å². The van der Waals surface area contributed by atoms with Crippen molar-refractivity contribution >= 4 is 0 Å². The molecular formula is C8H14KNO. The molecule has 0 aliphatic carbocycles. The van der Waals surface area contributed by atoms with E-state index in [4.69, 9.17) is 0 Å². The van der Waals surface area contributed by atoms with Gasteiger partial charge in [0.2, 0.25) is 0 Å². The molecule has 0 unspecified atom stereocenters. The number of hydrogen-bond donors (Lipinski definition) is 1.